The van der Waals surface area contributed by atoms with E-state index in [0.29, 0.717) is 26.9 Å². The van der Waals surface area contributed by atoms with Crippen LogP contribution in [0.2, 0.25) is 10.0 Å². The fraction of sp³-hybridized carbons (Fsp3) is 0.143. The molecule has 2 aromatic carbocycles. The molecule has 1 atom stereocenters. The Kier molecular flexibility index (Phi) is 4.91. The van der Waals surface area contributed by atoms with Crippen LogP contribution in [0.25, 0.3) is 0 Å². The number of nitrogens with two attached hydrogens (primary N) is 1. The predicted octanol–water partition coefficient (Wildman–Crippen LogP) is 4.95. The van der Waals surface area contributed by atoms with E-state index in [1.807, 2.05) is 0 Å². The van der Waals surface area contributed by atoms with Gasteiger partial charge < -0.3 is 10.5 Å². The molecule has 0 saturated heterocycles. The number of methoxy groups -OCH3 is 1. The molecule has 0 spiro atoms. The van der Waals surface area contributed by atoms with Crippen molar-refractivity contribution in [3.8, 4) is 5.75 Å². The van der Waals surface area contributed by atoms with Crippen LogP contribution >= 0.6 is 39.1 Å². The highest BCUT2D eigenvalue weighted by Crippen LogP contribution is 2.36. The lowest BCUT2D eigenvalue weighted by Crippen LogP contribution is -2.14. The molecule has 1 unspecified atom stereocenters. The van der Waals surface area contributed by atoms with E-state index in [9.17, 15) is 4.39 Å². The molecule has 0 radical (unpaired) electrons. The van der Waals surface area contributed by atoms with Gasteiger partial charge in [0.1, 0.15) is 11.6 Å². The van der Waals surface area contributed by atoms with Gasteiger partial charge in [-0.15, -0.1) is 0 Å². The summed E-state index contributed by atoms with van der Waals surface area (Å²) in [5, 5.41) is 0.746. The Hall–Kier alpha value is -0.810. The molecule has 0 bridgehead atoms. The second kappa shape index (κ2) is 6.31. The van der Waals surface area contributed by atoms with Crippen molar-refractivity contribution in [2.45, 2.75) is 6.04 Å². The quantitative estimate of drug-likeness (QED) is 0.819. The van der Waals surface area contributed by atoms with Gasteiger partial charge in [0, 0.05) is 21.1 Å². The second-order valence-electron chi connectivity index (χ2n) is 4.15. The molecule has 2 aromatic rings. The minimum absolute atomic E-state index is 0.336. The first kappa shape index (κ1) is 15.6. The summed E-state index contributed by atoms with van der Waals surface area (Å²) < 4.78 is 19.7. The second-order valence-corrected chi connectivity index (χ2v) is 5.88. The van der Waals surface area contributed by atoms with Gasteiger partial charge in [0.25, 0.3) is 0 Å². The predicted molar refractivity (Wildman–Crippen MR) is 83.1 cm³/mol. The standard InChI is InChI=1S/C14H11BrCl2FNO/c1-20-13-6-10(16)8(5-11(13)17)14(19)9-4-7(15)2-3-12(9)18/h2-6,14H,19H2,1H3. The smallest absolute Gasteiger partial charge is 0.138 e. The molecule has 20 heavy (non-hydrogen) atoms. The molecule has 0 fully saturated rings. The molecule has 0 aliphatic heterocycles. The number of rotatable bonds is 3. The van der Waals surface area contributed by atoms with Crippen LogP contribution < -0.4 is 10.5 Å². The monoisotopic (exact) mass is 377 g/mol. The first-order valence-electron chi connectivity index (χ1n) is 5.67. The maximum absolute atomic E-state index is 13.9. The van der Waals surface area contributed by atoms with Gasteiger partial charge in [-0.05, 0) is 29.8 Å². The van der Waals surface area contributed by atoms with E-state index >= 15 is 0 Å². The summed E-state index contributed by atoms with van der Waals surface area (Å²) in [5.74, 6) is 0.0473. The summed E-state index contributed by atoms with van der Waals surface area (Å²) in [6.45, 7) is 0. The lowest BCUT2D eigenvalue weighted by atomic mass is 9.99. The molecule has 0 aromatic heterocycles. The zero-order valence-corrected chi connectivity index (χ0v) is 13.6. The zero-order valence-electron chi connectivity index (χ0n) is 10.5. The van der Waals surface area contributed by atoms with Crippen LogP contribution in [-0.2, 0) is 0 Å². The Bertz CT molecular complexity index is 651. The average Bonchev–Trinajstić information content (AvgIpc) is 2.42. The Balaban J connectivity index is 2.50. The lowest BCUT2D eigenvalue weighted by Gasteiger charge is -2.17. The third-order valence-electron chi connectivity index (χ3n) is 2.90. The van der Waals surface area contributed by atoms with Gasteiger partial charge in [-0.25, -0.2) is 4.39 Å². The molecular formula is C14H11BrCl2FNO. The minimum atomic E-state index is -0.719. The summed E-state index contributed by atoms with van der Waals surface area (Å²) in [5.41, 5.74) is 6.97. The summed E-state index contributed by atoms with van der Waals surface area (Å²) in [6.07, 6.45) is 0. The molecular weight excluding hydrogens is 368 g/mol. The highest BCUT2D eigenvalue weighted by Gasteiger charge is 2.19. The van der Waals surface area contributed by atoms with Crippen molar-refractivity contribution in [1.29, 1.82) is 0 Å². The molecule has 0 aliphatic rings. The van der Waals surface area contributed by atoms with Crippen molar-refractivity contribution in [3.63, 3.8) is 0 Å². The molecule has 2 N–H and O–H groups in total. The van der Waals surface area contributed by atoms with E-state index in [2.05, 4.69) is 15.9 Å². The number of hydrogen-bond donors (Lipinski definition) is 1. The van der Waals surface area contributed by atoms with Crippen LogP contribution in [0.4, 0.5) is 4.39 Å². The van der Waals surface area contributed by atoms with E-state index in [-0.39, 0.29) is 0 Å². The van der Waals surface area contributed by atoms with Crippen molar-refractivity contribution in [1.82, 2.24) is 0 Å². The van der Waals surface area contributed by atoms with Gasteiger partial charge in [0.05, 0.1) is 18.2 Å². The van der Waals surface area contributed by atoms with E-state index in [4.69, 9.17) is 33.7 Å². The van der Waals surface area contributed by atoms with Crippen LogP contribution in [0, 0.1) is 5.82 Å². The van der Waals surface area contributed by atoms with Crippen LogP contribution in [0.3, 0.4) is 0 Å². The van der Waals surface area contributed by atoms with Crippen molar-refractivity contribution in [3.05, 3.63) is 61.8 Å². The maximum Gasteiger partial charge on any atom is 0.138 e. The third kappa shape index (κ3) is 3.09. The number of ether oxygens (including phenoxy) is 1. The Morgan fingerprint density at radius 1 is 1.15 bits per heavy atom. The van der Waals surface area contributed by atoms with Gasteiger partial charge in [-0.3, -0.25) is 0 Å². The van der Waals surface area contributed by atoms with E-state index < -0.39 is 11.9 Å². The van der Waals surface area contributed by atoms with E-state index in [1.165, 1.54) is 13.2 Å². The SMILES string of the molecule is COc1cc(Cl)c(C(N)c2cc(Br)ccc2F)cc1Cl. The first-order valence-corrected chi connectivity index (χ1v) is 7.22. The van der Waals surface area contributed by atoms with Crippen LogP contribution in [-0.4, -0.2) is 7.11 Å². The van der Waals surface area contributed by atoms with Crippen molar-refractivity contribution < 1.29 is 9.13 Å². The number of hydrogen-bond acceptors (Lipinski definition) is 2. The molecule has 2 nitrogen and oxygen atoms in total. The van der Waals surface area contributed by atoms with Crippen molar-refractivity contribution >= 4 is 39.1 Å². The van der Waals surface area contributed by atoms with Crippen molar-refractivity contribution in [2.75, 3.05) is 7.11 Å². The summed E-state index contributed by atoms with van der Waals surface area (Å²) in [4.78, 5) is 0. The Labute approximate surface area is 134 Å². The van der Waals surface area contributed by atoms with Gasteiger partial charge in [-0.1, -0.05) is 39.1 Å². The Morgan fingerprint density at radius 2 is 1.85 bits per heavy atom. The Morgan fingerprint density at radius 3 is 2.50 bits per heavy atom. The maximum atomic E-state index is 13.9. The van der Waals surface area contributed by atoms with E-state index in [1.54, 1.807) is 24.3 Å². The first-order chi connectivity index (χ1) is 9.43. The molecule has 106 valence electrons. The van der Waals surface area contributed by atoms with Crippen LogP contribution in [0.1, 0.15) is 17.2 Å². The molecule has 2 rings (SSSR count). The minimum Gasteiger partial charge on any atom is -0.495 e. The fourth-order valence-electron chi connectivity index (χ4n) is 1.86. The lowest BCUT2D eigenvalue weighted by molar-refractivity contribution is 0.415. The highest BCUT2D eigenvalue weighted by atomic mass is 79.9. The third-order valence-corrected chi connectivity index (χ3v) is 4.02. The number of benzene rings is 2. The van der Waals surface area contributed by atoms with Gasteiger partial charge in [-0.2, -0.15) is 0 Å². The molecule has 0 heterocycles. The summed E-state index contributed by atoms with van der Waals surface area (Å²) in [6, 6.07) is 7.01. The largest absolute Gasteiger partial charge is 0.495 e. The fourth-order valence-corrected chi connectivity index (χ4v) is 2.76. The highest BCUT2D eigenvalue weighted by molar-refractivity contribution is 9.10. The summed E-state index contributed by atoms with van der Waals surface area (Å²) in [7, 11) is 1.49. The van der Waals surface area contributed by atoms with Crippen LogP contribution in [0.5, 0.6) is 5.75 Å². The zero-order chi connectivity index (χ0) is 14.9. The topological polar surface area (TPSA) is 35.2 Å². The number of halogens is 4. The molecule has 0 amide bonds. The van der Waals surface area contributed by atoms with Gasteiger partial charge in [0.15, 0.2) is 0 Å². The van der Waals surface area contributed by atoms with Crippen molar-refractivity contribution in [2.24, 2.45) is 5.73 Å². The van der Waals surface area contributed by atoms with Crippen LogP contribution in [0.15, 0.2) is 34.8 Å². The van der Waals surface area contributed by atoms with Gasteiger partial charge in [0.2, 0.25) is 0 Å². The van der Waals surface area contributed by atoms with Gasteiger partial charge >= 0.3 is 0 Å². The molecule has 0 aliphatic carbocycles. The molecule has 6 heteroatoms. The van der Waals surface area contributed by atoms with E-state index in [0.717, 1.165) is 4.47 Å². The molecule has 0 saturated carbocycles. The summed E-state index contributed by atoms with van der Waals surface area (Å²) >= 11 is 15.5. The average molecular weight is 379 g/mol. The normalized spacial score (nSPS) is 12.3.